The average Bonchev–Trinajstić information content (AvgIpc) is 3.13. The number of hydrogen-bond donors (Lipinski definition) is 1. The number of H-pyrrole nitrogens is 1. The van der Waals surface area contributed by atoms with Crippen molar-refractivity contribution in [1.29, 1.82) is 0 Å². The summed E-state index contributed by atoms with van der Waals surface area (Å²) < 4.78 is 1.46. The van der Waals surface area contributed by atoms with Crippen molar-refractivity contribution in [2.45, 2.75) is 64.5 Å². The van der Waals surface area contributed by atoms with Gasteiger partial charge in [0.15, 0.2) is 0 Å². The van der Waals surface area contributed by atoms with Crippen molar-refractivity contribution in [2.24, 2.45) is 0 Å². The number of carbonyl (C=O) groups excluding carboxylic acids is 1. The number of rotatable bonds is 3. The number of aromatic amines is 1. The first-order valence-electron chi connectivity index (χ1n) is 11.1. The summed E-state index contributed by atoms with van der Waals surface area (Å²) in [5.74, 6) is 0.102. The summed E-state index contributed by atoms with van der Waals surface area (Å²) in [5, 5.41) is 0.663. The van der Waals surface area contributed by atoms with E-state index in [1.54, 1.807) is 0 Å². The first-order chi connectivity index (χ1) is 15.0. The highest BCUT2D eigenvalue weighted by Gasteiger charge is 2.28. The van der Waals surface area contributed by atoms with Crippen LogP contribution in [0.1, 0.15) is 59.7 Å². The topological polar surface area (TPSA) is 75.2 Å². The normalized spacial score (nSPS) is 17.1. The minimum atomic E-state index is -0.296. The van der Waals surface area contributed by atoms with Gasteiger partial charge in [-0.25, -0.2) is 4.79 Å². The van der Waals surface area contributed by atoms with E-state index < -0.39 is 0 Å². The van der Waals surface area contributed by atoms with E-state index >= 15 is 0 Å². The van der Waals surface area contributed by atoms with Gasteiger partial charge in [-0.05, 0) is 42.9 Å². The number of nitrogens with zero attached hydrogens (tertiary/aromatic N) is 2. The van der Waals surface area contributed by atoms with Crippen molar-refractivity contribution in [2.75, 3.05) is 6.54 Å². The van der Waals surface area contributed by atoms with Crippen LogP contribution in [-0.4, -0.2) is 26.9 Å². The zero-order chi connectivity index (χ0) is 21.5. The fourth-order valence-corrected chi connectivity index (χ4v) is 6.30. The van der Waals surface area contributed by atoms with Crippen LogP contribution in [0, 0.1) is 6.92 Å². The van der Waals surface area contributed by atoms with Crippen LogP contribution in [0.5, 0.6) is 0 Å². The summed E-state index contributed by atoms with van der Waals surface area (Å²) >= 11 is 1.45. The van der Waals surface area contributed by atoms with Crippen molar-refractivity contribution in [1.82, 2.24) is 14.5 Å². The van der Waals surface area contributed by atoms with E-state index in [-0.39, 0.29) is 23.2 Å². The van der Waals surface area contributed by atoms with Gasteiger partial charge in [0.2, 0.25) is 5.91 Å². The second-order valence-electron chi connectivity index (χ2n) is 8.77. The Bertz CT molecular complexity index is 1260. The Morgan fingerprint density at radius 2 is 1.94 bits per heavy atom. The Morgan fingerprint density at radius 1 is 1.16 bits per heavy atom. The van der Waals surface area contributed by atoms with Gasteiger partial charge >= 0.3 is 5.69 Å². The molecule has 1 saturated carbocycles. The van der Waals surface area contributed by atoms with Crippen LogP contribution < -0.4 is 11.2 Å². The van der Waals surface area contributed by atoms with E-state index in [0.717, 1.165) is 47.3 Å². The lowest BCUT2D eigenvalue weighted by atomic mass is 9.95. The Kier molecular flexibility index (Phi) is 5.30. The van der Waals surface area contributed by atoms with E-state index in [1.807, 2.05) is 36.1 Å². The maximum atomic E-state index is 13.3. The average molecular weight is 438 g/mol. The molecule has 0 unspecified atom stereocenters. The number of fused-ring (bicyclic) bond motifs is 3. The third-order valence-corrected chi connectivity index (χ3v) is 7.96. The molecule has 0 saturated heterocycles. The van der Waals surface area contributed by atoms with Crippen LogP contribution in [0.3, 0.4) is 0 Å². The molecule has 0 atom stereocenters. The zero-order valence-electron chi connectivity index (χ0n) is 17.8. The van der Waals surface area contributed by atoms with Gasteiger partial charge in [-0.1, -0.05) is 43.5 Å². The highest BCUT2D eigenvalue weighted by Crippen LogP contribution is 2.33. The summed E-state index contributed by atoms with van der Waals surface area (Å²) in [6.07, 6.45) is 6.12. The largest absolute Gasteiger partial charge is 0.337 e. The van der Waals surface area contributed by atoms with Crippen LogP contribution in [-0.2, 0) is 24.2 Å². The van der Waals surface area contributed by atoms with Gasteiger partial charge in [0.25, 0.3) is 5.56 Å². The molecule has 3 aromatic rings. The first kappa shape index (κ1) is 20.2. The number of benzene rings is 1. The summed E-state index contributed by atoms with van der Waals surface area (Å²) in [4.78, 5) is 45.5. The summed E-state index contributed by atoms with van der Waals surface area (Å²) in [7, 11) is 0. The molecule has 1 amide bonds. The molecule has 1 aliphatic carbocycles. The van der Waals surface area contributed by atoms with Crippen molar-refractivity contribution in [3.8, 4) is 0 Å². The number of hydrogen-bond acceptors (Lipinski definition) is 4. The maximum absolute atomic E-state index is 13.3. The van der Waals surface area contributed by atoms with Crippen LogP contribution in [0.2, 0.25) is 0 Å². The van der Waals surface area contributed by atoms with Gasteiger partial charge in [-0.3, -0.25) is 19.1 Å². The van der Waals surface area contributed by atoms with Crippen molar-refractivity contribution >= 4 is 27.5 Å². The van der Waals surface area contributed by atoms with Crippen LogP contribution in [0.4, 0.5) is 0 Å². The van der Waals surface area contributed by atoms with E-state index in [2.05, 4.69) is 4.98 Å². The number of aryl methyl sites for hydroxylation is 1. The van der Waals surface area contributed by atoms with Crippen molar-refractivity contribution in [3.63, 3.8) is 0 Å². The lowest BCUT2D eigenvalue weighted by Crippen LogP contribution is -2.39. The molecule has 0 spiro atoms. The van der Waals surface area contributed by atoms with E-state index in [9.17, 15) is 14.4 Å². The SMILES string of the molecule is Cc1ccccc1CC(=O)N1CCc2c(sc3[nH]c(=O)n(C4CCCCC4)c(=O)c23)C1. The minimum Gasteiger partial charge on any atom is -0.337 e. The molecule has 6 nitrogen and oxygen atoms in total. The molecule has 1 N–H and O–H groups in total. The molecule has 1 aliphatic heterocycles. The summed E-state index contributed by atoms with van der Waals surface area (Å²) in [6.45, 7) is 3.13. The lowest BCUT2D eigenvalue weighted by molar-refractivity contribution is -0.131. The summed E-state index contributed by atoms with van der Waals surface area (Å²) in [5.41, 5.74) is 2.75. The molecule has 0 radical (unpaired) electrons. The number of carbonyl (C=O) groups is 1. The standard InChI is InChI=1S/C24H27N3O3S/c1-15-7-5-6-8-16(15)13-20(28)26-12-11-18-19(14-26)31-22-21(18)23(29)27(24(30)25-22)17-9-3-2-4-10-17/h5-8,17H,2-4,9-14H2,1H3,(H,25,30). The monoisotopic (exact) mass is 437 g/mol. The maximum Gasteiger partial charge on any atom is 0.329 e. The molecule has 7 heteroatoms. The zero-order valence-corrected chi connectivity index (χ0v) is 18.6. The Morgan fingerprint density at radius 3 is 2.71 bits per heavy atom. The molecular weight excluding hydrogens is 410 g/mol. The predicted molar refractivity (Wildman–Crippen MR) is 123 cm³/mol. The van der Waals surface area contributed by atoms with Crippen molar-refractivity contribution < 1.29 is 4.79 Å². The highest BCUT2D eigenvalue weighted by atomic mass is 32.1. The molecule has 31 heavy (non-hydrogen) atoms. The number of thiophene rings is 1. The van der Waals surface area contributed by atoms with Gasteiger partial charge in [0.05, 0.1) is 18.4 Å². The predicted octanol–water partition coefficient (Wildman–Crippen LogP) is 3.69. The first-order valence-corrected chi connectivity index (χ1v) is 12.0. The Hall–Kier alpha value is -2.67. The fraction of sp³-hybridized carbons (Fsp3) is 0.458. The Labute approximate surface area is 184 Å². The second kappa shape index (κ2) is 8.11. The van der Waals surface area contributed by atoms with Crippen LogP contribution in [0.15, 0.2) is 33.9 Å². The Balaban J connectivity index is 1.45. The molecular formula is C24H27N3O3S. The quantitative estimate of drug-likeness (QED) is 0.679. The molecule has 1 fully saturated rings. The smallest absolute Gasteiger partial charge is 0.329 e. The number of amides is 1. The highest BCUT2D eigenvalue weighted by molar-refractivity contribution is 7.18. The van der Waals surface area contributed by atoms with Crippen LogP contribution in [0.25, 0.3) is 10.2 Å². The third-order valence-electron chi connectivity index (χ3n) is 6.82. The molecule has 1 aromatic carbocycles. The second-order valence-corrected chi connectivity index (χ2v) is 9.88. The molecule has 2 aromatic heterocycles. The molecule has 3 heterocycles. The molecule has 162 valence electrons. The van der Waals surface area contributed by atoms with E-state index in [1.165, 1.54) is 22.3 Å². The molecule has 0 bridgehead atoms. The van der Waals surface area contributed by atoms with Crippen LogP contribution >= 0.6 is 11.3 Å². The summed E-state index contributed by atoms with van der Waals surface area (Å²) in [6, 6.07) is 7.97. The fourth-order valence-electron chi connectivity index (χ4n) is 5.05. The third kappa shape index (κ3) is 3.65. The molecule has 5 rings (SSSR count). The minimum absolute atomic E-state index is 0.000675. The van der Waals surface area contributed by atoms with Gasteiger partial charge < -0.3 is 4.90 Å². The molecule has 2 aliphatic rings. The number of nitrogens with one attached hydrogen (secondary N) is 1. The van der Waals surface area contributed by atoms with E-state index in [0.29, 0.717) is 36.1 Å². The number of aromatic nitrogens is 2. The van der Waals surface area contributed by atoms with Gasteiger partial charge in [-0.2, -0.15) is 0 Å². The van der Waals surface area contributed by atoms with Crippen molar-refractivity contribution in [3.05, 3.63) is 66.7 Å². The van der Waals surface area contributed by atoms with E-state index in [4.69, 9.17) is 0 Å². The lowest BCUT2D eigenvalue weighted by Gasteiger charge is -2.27. The van der Waals surface area contributed by atoms with Gasteiger partial charge in [0.1, 0.15) is 4.83 Å². The van der Waals surface area contributed by atoms with Gasteiger partial charge in [-0.15, -0.1) is 11.3 Å². The van der Waals surface area contributed by atoms with Gasteiger partial charge in [0, 0.05) is 17.5 Å².